The number of aromatic nitrogens is 2. The van der Waals surface area contributed by atoms with E-state index in [-0.39, 0.29) is 12.0 Å². The van der Waals surface area contributed by atoms with Gasteiger partial charge in [-0.2, -0.15) is 0 Å². The molecule has 1 fully saturated rings. The number of carbonyl (C=O) groups excluding carboxylic acids is 1. The molecule has 0 bridgehead atoms. The summed E-state index contributed by atoms with van der Waals surface area (Å²) >= 11 is 5.22. The Kier molecular flexibility index (Phi) is 4.93. The zero-order valence-corrected chi connectivity index (χ0v) is 13.9. The van der Waals surface area contributed by atoms with E-state index in [0.29, 0.717) is 17.3 Å². The van der Waals surface area contributed by atoms with Gasteiger partial charge in [-0.25, -0.2) is 0 Å². The Morgan fingerprint density at radius 2 is 2.35 bits per heavy atom. The Hall–Kier alpha value is -1.92. The number of H-pyrrole nitrogens is 1. The Labute approximate surface area is 140 Å². The predicted molar refractivity (Wildman–Crippen MR) is 92.4 cm³/mol. The summed E-state index contributed by atoms with van der Waals surface area (Å²) in [5.74, 6) is 0.0166. The van der Waals surface area contributed by atoms with Crippen molar-refractivity contribution in [2.75, 3.05) is 5.32 Å². The third-order valence-corrected chi connectivity index (χ3v) is 4.39. The van der Waals surface area contributed by atoms with Gasteiger partial charge in [-0.05, 0) is 56.6 Å². The molecular formula is C17H21N3O2S. The van der Waals surface area contributed by atoms with Crippen molar-refractivity contribution in [2.24, 2.45) is 0 Å². The van der Waals surface area contributed by atoms with Gasteiger partial charge in [0.15, 0.2) is 4.77 Å². The number of rotatable bonds is 5. The molecule has 0 saturated carbocycles. The van der Waals surface area contributed by atoms with Crippen LogP contribution in [0.3, 0.4) is 0 Å². The van der Waals surface area contributed by atoms with E-state index in [9.17, 15) is 4.79 Å². The quantitative estimate of drug-likeness (QED) is 0.819. The van der Waals surface area contributed by atoms with Crippen LogP contribution in [-0.2, 0) is 9.53 Å². The number of aromatic amines is 1. The highest BCUT2D eigenvalue weighted by atomic mass is 32.1. The molecule has 0 spiro atoms. The molecule has 0 radical (unpaired) electrons. The lowest BCUT2D eigenvalue weighted by molar-refractivity contribution is -0.116. The van der Waals surface area contributed by atoms with E-state index < -0.39 is 0 Å². The second kappa shape index (κ2) is 7.10. The minimum absolute atomic E-state index is 0.0166. The fraction of sp³-hybridized carbons (Fsp3) is 0.412. The van der Waals surface area contributed by atoms with Crippen LogP contribution in [-0.4, -0.2) is 27.7 Å². The van der Waals surface area contributed by atoms with Crippen molar-refractivity contribution in [3.63, 3.8) is 0 Å². The number of anilines is 1. The van der Waals surface area contributed by atoms with Gasteiger partial charge in [0.05, 0.1) is 12.2 Å². The number of ether oxygens (including phenoxy) is 1. The summed E-state index contributed by atoms with van der Waals surface area (Å²) in [6, 6.07) is 7.65. The van der Waals surface area contributed by atoms with Gasteiger partial charge in [0.1, 0.15) is 0 Å². The maximum absolute atomic E-state index is 12.1. The summed E-state index contributed by atoms with van der Waals surface area (Å²) in [6.07, 6.45) is 7.59. The van der Waals surface area contributed by atoms with Crippen LogP contribution >= 0.6 is 12.2 Å². The molecule has 2 heterocycles. The van der Waals surface area contributed by atoms with Crippen molar-refractivity contribution in [3.05, 3.63) is 41.4 Å². The van der Waals surface area contributed by atoms with E-state index in [1.165, 1.54) is 0 Å². The molecule has 0 unspecified atom stereocenters. The molecule has 1 amide bonds. The van der Waals surface area contributed by atoms with Crippen LogP contribution in [0.25, 0.3) is 5.69 Å². The molecule has 1 aliphatic rings. The normalized spacial score (nSPS) is 20.6. The first kappa shape index (κ1) is 16.0. The number of hydrogen-bond donors (Lipinski definition) is 2. The summed E-state index contributed by atoms with van der Waals surface area (Å²) in [5.41, 5.74) is 1.69. The van der Waals surface area contributed by atoms with Gasteiger partial charge in [-0.3, -0.25) is 9.36 Å². The molecule has 1 aromatic heterocycles. The Bertz CT molecular complexity index is 737. The molecule has 2 atom stereocenters. The third kappa shape index (κ3) is 4.09. The van der Waals surface area contributed by atoms with E-state index in [4.69, 9.17) is 17.0 Å². The topological polar surface area (TPSA) is 59.0 Å². The van der Waals surface area contributed by atoms with Crippen molar-refractivity contribution in [3.8, 4) is 5.69 Å². The SMILES string of the molecule is C[C@H]1CC[C@@H](CCC(=O)Nc2cccc(-n3cc[nH]c3=S)c2)O1. The van der Waals surface area contributed by atoms with Crippen LogP contribution in [0.4, 0.5) is 5.69 Å². The minimum Gasteiger partial charge on any atom is -0.375 e. The molecule has 122 valence electrons. The average molecular weight is 331 g/mol. The number of carbonyl (C=O) groups is 1. The van der Waals surface area contributed by atoms with Gasteiger partial charge in [-0.15, -0.1) is 0 Å². The van der Waals surface area contributed by atoms with Crippen molar-refractivity contribution < 1.29 is 9.53 Å². The number of imidazole rings is 1. The fourth-order valence-corrected chi connectivity index (χ4v) is 3.10. The highest BCUT2D eigenvalue weighted by Gasteiger charge is 2.22. The van der Waals surface area contributed by atoms with Gasteiger partial charge in [0.25, 0.3) is 0 Å². The second-order valence-electron chi connectivity index (χ2n) is 5.92. The lowest BCUT2D eigenvalue weighted by Gasteiger charge is -2.11. The van der Waals surface area contributed by atoms with E-state index in [0.717, 1.165) is 30.6 Å². The van der Waals surface area contributed by atoms with Gasteiger partial charge >= 0.3 is 0 Å². The van der Waals surface area contributed by atoms with Crippen molar-refractivity contribution >= 4 is 23.8 Å². The third-order valence-electron chi connectivity index (χ3n) is 4.07. The molecule has 6 heteroatoms. The number of amides is 1. The van der Waals surface area contributed by atoms with Gasteiger partial charge in [0.2, 0.25) is 5.91 Å². The average Bonchev–Trinajstić information content (AvgIpc) is 3.14. The van der Waals surface area contributed by atoms with Crippen LogP contribution in [0.15, 0.2) is 36.7 Å². The van der Waals surface area contributed by atoms with E-state index >= 15 is 0 Å². The van der Waals surface area contributed by atoms with E-state index in [1.54, 1.807) is 6.20 Å². The summed E-state index contributed by atoms with van der Waals surface area (Å²) in [6.45, 7) is 2.08. The second-order valence-corrected chi connectivity index (χ2v) is 6.31. The predicted octanol–water partition coefficient (Wildman–Crippen LogP) is 3.82. The van der Waals surface area contributed by atoms with Crippen LogP contribution in [0.1, 0.15) is 32.6 Å². The van der Waals surface area contributed by atoms with Crippen molar-refractivity contribution in [2.45, 2.75) is 44.8 Å². The zero-order chi connectivity index (χ0) is 16.2. The fourth-order valence-electron chi connectivity index (χ4n) is 2.87. The zero-order valence-electron chi connectivity index (χ0n) is 13.1. The first-order valence-corrected chi connectivity index (χ1v) is 8.34. The van der Waals surface area contributed by atoms with Crippen LogP contribution in [0.2, 0.25) is 0 Å². The minimum atomic E-state index is 0.0166. The number of nitrogens with one attached hydrogen (secondary N) is 2. The molecule has 2 aromatic rings. The monoisotopic (exact) mass is 331 g/mol. The Balaban J connectivity index is 1.58. The lowest BCUT2D eigenvalue weighted by Crippen LogP contribution is -2.16. The number of hydrogen-bond acceptors (Lipinski definition) is 3. The molecule has 1 aromatic carbocycles. The van der Waals surface area contributed by atoms with Crippen molar-refractivity contribution in [1.82, 2.24) is 9.55 Å². The molecule has 2 N–H and O–H groups in total. The molecule has 5 nitrogen and oxygen atoms in total. The standard InChI is InChI=1S/C17H21N3O2S/c1-12-5-6-15(22-12)7-8-16(21)19-13-3-2-4-14(11-13)20-10-9-18-17(20)23/h2-4,9-12,15H,5-8H2,1H3,(H,18,23)(H,19,21)/t12-,15-/m0/s1. The highest BCUT2D eigenvalue weighted by molar-refractivity contribution is 7.71. The Morgan fingerprint density at radius 3 is 3.04 bits per heavy atom. The molecule has 1 saturated heterocycles. The molecular weight excluding hydrogens is 310 g/mol. The van der Waals surface area contributed by atoms with Crippen LogP contribution in [0.5, 0.6) is 0 Å². The van der Waals surface area contributed by atoms with Crippen LogP contribution < -0.4 is 5.32 Å². The molecule has 1 aliphatic heterocycles. The van der Waals surface area contributed by atoms with Gasteiger partial charge in [-0.1, -0.05) is 6.07 Å². The lowest BCUT2D eigenvalue weighted by atomic mass is 10.1. The summed E-state index contributed by atoms with van der Waals surface area (Å²) in [5, 5.41) is 2.95. The first-order valence-electron chi connectivity index (χ1n) is 7.93. The van der Waals surface area contributed by atoms with Crippen molar-refractivity contribution in [1.29, 1.82) is 0 Å². The van der Waals surface area contributed by atoms with Crippen LogP contribution in [0, 0.1) is 4.77 Å². The molecule has 23 heavy (non-hydrogen) atoms. The summed E-state index contributed by atoms with van der Waals surface area (Å²) in [7, 11) is 0. The number of benzene rings is 1. The maximum atomic E-state index is 12.1. The van der Waals surface area contributed by atoms with Gasteiger partial charge < -0.3 is 15.0 Å². The van der Waals surface area contributed by atoms with Gasteiger partial charge in [0, 0.05) is 30.2 Å². The summed E-state index contributed by atoms with van der Waals surface area (Å²) < 4.78 is 8.23. The Morgan fingerprint density at radius 1 is 1.48 bits per heavy atom. The van der Waals surface area contributed by atoms with E-state index in [1.807, 2.05) is 35.0 Å². The summed E-state index contributed by atoms with van der Waals surface area (Å²) in [4.78, 5) is 15.1. The largest absolute Gasteiger partial charge is 0.375 e. The maximum Gasteiger partial charge on any atom is 0.224 e. The molecule has 3 rings (SSSR count). The van der Waals surface area contributed by atoms with E-state index in [2.05, 4.69) is 17.2 Å². The first-order chi connectivity index (χ1) is 11.1. The number of nitrogens with zero attached hydrogens (tertiary/aromatic N) is 1. The smallest absolute Gasteiger partial charge is 0.224 e. The highest BCUT2D eigenvalue weighted by Crippen LogP contribution is 2.23. The molecule has 0 aliphatic carbocycles.